The second kappa shape index (κ2) is 12.3. The lowest BCUT2D eigenvalue weighted by Gasteiger charge is -2.24. The predicted octanol–water partition coefficient (Wildman–Crippen LogP) is 4.20. The van der Waals surface area contributed by atoms with Crippen molar-refractivity contribution >= 4 is 11.9 Å². The topological polar surface area (TPSA) is 77.3 Å². The van der Waals surface area contributed by atoms with Gasteiger partial charge in [0.05, 0.1) is 24.8 Å². The highest BCUT2D eigenvalue weighted by atomic mass is 32.2. The minimum Gasteiger partial charge on any atom is -0.497 e. The summed E-state index contributed by atoms with van der Waals surface area (Å²) in [6, 6.07) is 19.6. The van der Waals surface area contributed by atoms with Gasteiger partial charge in [0.25, 0.3) is 0 Å². The van der Waals surface area contributed by atoms with E-state index in [9.17, 15) is 13.9 Å². The van der Waals surface area contributed by atoms with E-state index < -0.39 is 23.8 Å². The van der Waals surface area contributed by atoms with Crippen LogP contribution in [-0.2, 0) is 13.0 Å². The number of halogens is 2. The zero-order valence-electron chi connectivity index (χ0n) is 18.1. The van der Waals surface area contributed by atoms with Crippen LogP contribution in [-0.4, -0.2) is 30.9 Å². The molecular weight excluding hydrogens is 444 g/mol. The molecule has 0 saturated heterocycles. The molecule has 33 heavy (non-hydrogen) atoms. The molecule has 0 aliphatic carbocycles. The minimum atomic E-state index is -0.853. The zero-order chi connectivity index (χ0) is 23.6. The number of rotatable bonds is 11. The van der Waals surface area contributed by atoms with E-state index in [1.807, 2.05) is 30.3 Å². The molecule has 0 aliphatic rings. The number of aliphatic hydroxyl groups is 1. The molecule has 0 amide bonds. The summed E-state index contributed by atoms with van der Waals surface area (Å²) in [6.45, 7) is 0.776. The van der Waals surface area contributed by atoms with Crippen LogP contribution in [0.3, 0.4) is 0 Å². The second-order valence-electron chi connectivity index (χ2n) is 7.50. The van der Waals surface area contributed by atoms with Gasteiger partial charge in [-0.2, -0.15) is 5.26 Å². The van der Waals surface area contributed by atoms with Gasteiger partial charge in [-0.15, -0.1) is 0 Å². The van der Waals surface area contributed by atoms with Crippen molar-refractivity contribution in [2.75, 3.05) is 13.7 Å². The maximum absolute atomic E-state index is 13.7. The number of methoxy groups -OCH3 is 1. The second-order valence-corrected chi connectivity index (χ2v) is 8.41. The van der Waals surface area contributed by atoms with Gasteiger partial charge in [0.2, 0.25) is 0 Å². The third-order valence-corrected chi connectivity index (χ3v) is 5.86. The Labute approximate surface area is 196 Å². The fourth-order valence-electron chi connectivity index (χ4n) is 3.30. The van der Waals surface area contributed by atoms with E-state index in [1.54, 1.807) is 25.3 Å². The summed E-state index contributed by atoms with van der Waals surface area (Å²) in [5.74, 6) is -0.578. The average Bonchev–Trinajstić information content (AvgIpc) is 2.81. The predicted molar refractivity (Wildman–Crippen MR) is 125 cm³/mol. The number of aliphatic hydroxyl groups excluding tert-OH is 1. The molecule has 0 spiro atoms. The Bertz CT molecular complexity index is 1090. The summed E-state index contributed by atoms with van der Waals surface area (Å²) in [4.78, 5) is 0.793. The Kier molecular flexibility index (Phi) is 9.22. The van der Waals surface area contributed by atoms with Crippen molar-refractivity contribution in [1.82, 2.24) is 10.0 Å². The van der Waals surface area contributed by atoms with E-state index in [4.69, 9.17) is 10.00 Å². The van der Waals surface area contributed by atoms with E-state index in [0.717, 1.165) is 22.3 Å². The molecule has 3 aromatic carbocycles. The van der Waals surface area contributed by atoms with E-state index in [-0.39, 0.29) is 13.0 Å². The van der Waals surface area contributed by atoms with Crippen LogP contribution in [0.1, 0.15) is 16.7 Å². The van der Waals surface area contributed by atoms with E-state index in [1.165, 1.54) is 24.1 Å². The number of hydrogen-bond donors (Lipinski definition) is 3. The highest BCUT2D eigenvalue weighted by molar-refractivity contribution is 7.97. The van der Waals surface area contributed by atoms with Crippen LogP contribution in [0.5, 0.6) is 5.75 Å². The molecule has 0 fully saturated rings. The molecule has 5 nitrogen and oxygen atoms in total. The van der Waals surface area contributed by atoms with Gasteiger partial charge in [-0.1, -0.05) is 18.2 Å². The van der Waals surface area contributed by atoms with Crippen LogP contribution in [0, 0.1) is 23.0 Å². The van der Waals surface area contributed by atoms with Gasteiger partial charge in [0.15, 0.2) is 0 Å². The molecule has 3 aromatic rings. The first kappa shape index (κ1) is 24.7. The summed E-state index contributed by atoms with van der Waals surface area (Å²) in [5, 5.41) is 23.2. The maximum Gasteiger partial charge on any atom is 0.126 e. The third-order valence-electron chi connectivity index (χ3n) is 4.95. The molecular formula is C25H25F2N3O2S. The summed E-state index contributed by atoms with van der Waals surface area (Å²) in [5.41, 5.74) is 1.95. The highest BCUT2D eigenvalue weighted by Gasteiger charge is 2.20. The summed E-state index contributed by atoms with van der Waals surface area (Å²) < 4.78 is 35.8. The van der Waals surface area contributed by atoms with Gasteiger partial charge in [-0.25, -0.2) is 8.78 Å². The fourth-order valence-corrected chi connectivity index (χ4v) is 4.16. The molecule has 0 aliphatic heterocycles. The number of ether oxygens (including phenoxy) is 1. The zero-order valence-corrected chi connectivity index (χ0v) is 18.9. The van der Waals surface area contributed by atoms with Crippen molar-refractivity contribution in [2.24, 2.45) is 0 Å². The molecule has 0 heterocycles. The Morgan fingerprint density at radius 2 is 1.79 bits per heavy atom. The molecule has 0 radical (unpaired) electrons. The first-order valence-electron chi connectivity index (χ1n) is 10.4. The van der Waals surface area contributed by atoms with Crippen LogP contribution in [0.15, 0.2) is 71.6 Å². The molecule has 8 heteroatoms. The van der Waals surface area contributed by atoms with Gasteiger partial charge in [-0.05, 0) is 72.0 Å². The van der Waals surface area contributed by atoms with Crippen LogP contribution >= 0.6 is 11.9 Å². The lowest BCUT2D eigenvalue weighted by Crippen LogP contribution is -2.44. The summed E-state index contributed by atoms with van der Waals surface area (Å²) in [7, 11) is 1.60. The molecule has 0 bridgehead atoms. The lowest BCUT2D eigenvalue weighted by atomic mass is 10.0. The molecule has 0 unspecified atom stereocenters. The first-order chi connectivity index (χ1) is 16.0. The quantitative estimate of drug-likeness (QED) is 0.366. The molecule has 2 atom stereocenters. The van der Waals surface area contributed by atoms with E-state index in [0.29, 0.717) is 17.7 Å². The van der Waals surface area contributed by atoms with Crippen LogP contribution in [0.2, 0.25) is 0 Å². The third kappa shape index (κ3) is 7.84. The van der Waals surface area contributed by atoms with E-state index in [2.05, 4.69) is 16.1 Å². The molecule has 172 valence electrons. The number of nitrogens with one attached hydrogen (secondary N) is 2. The molecule has 3 rings (SSSR count). The van der Waals surface area contributed by atoms with Crippen LogP contribution in [0.4, 0.5) is 8.78 Å². The normalized spacial score (nSPS) is 12.7. The molecule has 0 saturated carbocycles. The number of nitriles is 1. The van der Waals surface area contributed by atoms with Crippen molar-refractivity contribution in [3.63, 3.8) is 0 Å². The largest absolute Gasteiger partial charge is 0.497 e. The Balaban J connectivity index is 1.66. The smallest absolute Gasteiger partial charge is 0.126 e. The molecule has 0 aromatic heterocycles. The van der Waals surface area contributed by atoms with Crippen molar-refractivity contribution in [1.29, 1.82) is 5.26 Å². The summed E-state index contributed by atoms with van der Waals surface area (Å²) in [6.07, 6.45) is -0.643. The monoisotopic (exact) mass is 469 g/mol. The van der Waals surface area contributed by atoms with Crippen molar-refractivity contribution in [3.8, 4) is 11.8 Å². The fraction of sp³-hybridized carbons (Fsp3) is 0.240. The van der Waals surface area contributed by atoms with Gasteiger partial charge in [0.1, 0.15) is 17.4 Å². The summed E-state index contributed by atoms with van der Waals surface area (Å²) >= 11 is 1.26. The van der Waals surface area contributed by atoms with Gasteiger partial charge in [0, 0.05) is 30.1 Å². The Morgan fingerprint density at radius 3 is 2.52 bits per heavy atom. The van der Waals surface area contributed by atoms with Crippen molar-refractivity contribution in [2.45, 2.75) is 30.0 Å². The molecule has 3 N–H and O–H groups in total. The lowest BCUT2D eigenvalue weighted by molar-refractivity contribution is 0.136. The number of nitrogens with zero attached hydrogens (tertiary/aromatic N) is 1. The number of hydrogen-bond acceptors (Lipinski definition) is 6. The van der Waals surface area contributed by atoms with Crippen molar-refractivity contribution < 1.29 is 18.6 Å². The first-order valence-corrected chi connectivity index (χ1v) is 11.2. The van der Waals surface area contributed by atoms with Crippen LogP contribution < -0.4 is 14.8 Å². The van der Waals surface area contributed by atoms with Crippen molar-refractivity contribution in [3.05, 3.63) is 95.1 Å². The average molecular weight is 470 g/mol. The van der Waals surface area contributed by atoms with Crippen LogP contribution in [0.25, 0.3) is 0 Å². The highest BCUT2D eigenvalue weighted by Crippen LogP contribution is 2.20. The van der Waals surface area contributed by atoms with Gasteiger partial charge in [-0.3, -0.25) is 4.72 Å². The maximum atomic E-state index is 13.7. The van der Waals surface area contributed by atoms with E-state index >= 15 is 0 Å². The van der Waals surface area contributed by atoms with Gasteiger partial charge >= 0.3 is 0 Å². The minimum absolute atomic E-state index is 0.210. The Hall–Kier alpha value is -2.96. The SMILES string of the molecule is COc1cccc(CNC[C@@H](O)[C@H](Cc2cc(F)cc(F)c2)NSc2cccc(C#N)c2)c1. The standard InChI is InChI=1S/C25H25F2N3O2S/c1-32-22-6-2-5-18(10-22)15-29-16-25(31)24(12-19-8-20(26)13-21(27)9-19)30-33-23-7-3-4-17(11-23)14-28/h2-11,13,24-25,29-31H,12,15-16H2,1H3/t24-,25+/m0/s1. The number of benzene rings is 3. The van der Waals surface area contributed by atoms with Gasteiger partial charge < -0.3 is 15.2 Å². The Morgan fingerprint density at radius 1 is 1.03 bits per heavy atom.